The van der Waals surface area contributed by atoms with Crippen LogP contribution in [-0.4, -0.2) is 37.1 Å². The van der Waals surface area contributed by atoms with Gasteiger partial charge in [-0.1, -0.05) is 24.3 Å². The Balaban J connectivity index is 1.12. The van der Waals surface area contributed by atoms with E-state index in [-0.39, 0.29) is 36.1 Å². The van der Waals surface area contributed by atoms with Gasteiger partial charge in [0.1, 0.15) is 5.75 Å². The van der Waals surface area contributed by atoms with Crippen molar-refractivity contribution in [2.75, 3.05) is 13.2 Å². The van der Waals surface area contributed by atoms with Crippen molar-refractivity contribution in [2.45, 2.75) is 44.4 Å². The summed E-state index contributed by atoms with van der Waals surface area (Å²) in [6, 6.07) is 14.5. The number of hydroxylamine groups is 1. The maximum atomic E-state index is 13.2. The number of ether oxygens (including phenoxy) is 2. The molecule has 1 unspecified atom stereocenters. The monoisotopic (exact) mass is 698 g/mol. The topological polar surface area (TPSA) is 103 Å². The Morgan fingerprint density at radius 2 is 1.70 bits per heavy atom. The van der Waals surface area contributed by atoms with Crippen LogP contribution in [0.1, 0.15) is 63.0 Å². The number of allylic oxidation sites excluding steroid dienone is 2. The fourth-order valence-corrected chi connectivity index (χ4v) is 4.89. The zero-order chi connectivity index (χ0) is 35.9. The highest BCUT2D eigenvalue weighted by Crippen LogP contribution is 2.37. The number of rotatable bonds is 10. The first-order valence-corrected chi connectivity index (χ1v) is 15.2. The molecule has 0 saturated carbocycles. The van der Waals surface area contributed by atoms with Gasteiger partial charge in [-0.2, -0.15) is 26.3 Å². The first-order chi connectivity index (χ1) is 23.7. The minimum absolute atomic E-state index is 0.0152. The van der Waals surface area contributed by atoms with Gasteiger partial charge in [-0.15, -0.1) is 0 Å². The van der Waals surface area contributed by atoms with E-state index in [0.717, 1.165) is 18.9 Å². The first-order valence-electron chi connectivity index (χ1n) is 15.2. The zero-order valence-corrected chi connectivity index (χ0v) is 26.0. The van der Waals surface area contributed by atoms with Crippen LogP contribution in [0, 0.1) is 12.1 Å². The zero-order valence-electron chi connectivity index (χ0n) is 26.0. The van der Waals surface area contributed by atoms with Crippen LogP contribution in [-0.2, 0) is 38.1 Å². The summed E-state index contributed by atoms with van der Waals surface area (Å²) < 4.78 is 90.4. The molecule has 1 heterocycles. The Kier molecular flexibility index (Phi) is 11.1. The van der Waals surface area contributed by atoms with E-state index >= 15 is 0 Å². The van der Waals surface area contributed by atoms with Crippen LogP contribution in [0.5, 0.6) is 5.75 Å². The molecule has 0 spiro atoms. The van der Waals surface area contributed by atoms with Crippen LogP contribution in [0.4, 0.5) is 26.3 Å². The van der Waals surface area contributed by atoms with Crippen LogP contribution < -0.4 is 15.5 Å². The smallest absolute Gasteiger partial charge is 0.416 e. The van der Waals surface area contributed by atoms with Crippen LogP contribution >= 0.6 is 0 Å². The fourth-order valence-electron chi connectivity index (χ4n) is 4.89. The molecule has 1 fully saturated rings. The molecule has 5 rings (SSSR count). The quantitative estimate of drug-likeness (QED) is 0.136. The Morgan fingerprint density at radius 3 is 2.36 bits per heavy atom. The molecular weight excluding hydrogens is 670 g/mol. The van der Waals surface area contributed by atoms with Gasteiger partial charge in [0.15, 0.2) is 18.7 Å². The standard InChI is InChI=1S/C36H28F6N2O6/c37-35(38,39)27-16-24(17-28(19-27)36(40,41)42)15-26-10-9-25-18-29(11-12-30(25)34(26)47)49-21-32(46)43-20-23-6-4-22(5-7-23)8-13-31(45)44-50-33-3-1-2-14-48-33/h4,6,8-13,15-19,33H,1-3,14,20-21H2,(H,43,46)(H,44,45)/b13-8+,26-15+. The Bertz CT molecular complexity index is 1790. The normalized spacial score (nSPS) is 17.0. The molecular formula is C36H28F6N2O6. The second-order valence-corrected chi connectivity index (χ2v) is 11.2. The number of halogens is 6. The number of alkyl halides is 6. The van der Waals surface area contributed by atoms with Crippen molar-refractivity contribution in [1.82, 2.24) is 10.8 Å². The average Bonchev–Trinajstić information content (AvgIpc) is 3.09. The van der Waals surface area contributed by atoms with Gasteiger partial charge in [-0.3, -0.25) is 14.4 Å². The van der Waals surface area contributed by atoms with Crippen molar-refractivity contribution in [3.63, 3.8) is 0 Å². The summed E-state index contributed by atoms with van der Waals surface area (Å²) in [4.78, 5) is 42.6. The van der Waals surface area contributed by atoms with E-state index in [1.165, 1.54) is 42.5 Å². The molecule has 0 bridgehead atoms. The van der Waals surface area contributed by atoms with Gasteiger partial charge in [0.25, 0.3) is 11.8 Å². The molecule has 50 heavy (non-hydrogen) atoms. The van der Waals surface area contributed by atoms with Crippen molar-refractivity contribution in [3.05, 3.63) is 117 Å². The number of hydrogen-bond acceptors (Lipinski definition) is 6. The summed E-state index contributed by atoms with van der Waals surface area (Å²) in [6.07, 6.45) is -1.39. The average molecular weight is 699 g/mol. The molecule has 0 aromatic heterocycles. The lowest BCUT2D eigenvalue weighted by Gasteiger charge is -2.21. The van der Waals surface area contributed by atoms with Crippen molar-refractivity contribution in [3.8, 4) is 5.75 Å². The molecule has 260 valence electrons. The second-order valence-electron chi connectivity index (χ2n) is 11.2. The number of benzene rings is 2. The molecule has 2 N–H and O–H groups in total. The predicted octanol–water partition coefficient (Wildman–Crippen LogP) is 6.90. The summed E-state index contributed by atoms with van der Waals surface area (Å²) in [6.45, 7) is 0.333. The van der Waals surface area contributed by atoms with Gasteiger partial charge in [0, 0.05) is 41.4 Å². The van der Waals surface area contributed by atoms with Crippen molar-refractivity contribution >= 4 is 35.8 Å². The molecule has 2 amide bonds. The third kappa shape index (κ3) is 9.83. The van der Waals surface area contributed by atoms with Crippen LogP contribution in [0.3, 0.4) is 0 Å². The maximum Gasteiger partial charge on any atom is 0.416 e. The third-order valence-corrected chi connectivity index (χ3v) is 7.43. The van der Waals surface area contributed by atoms with E-state index in [4.69, 9.17) is 14.3 Å². The van der Waals surface area contributed by atoms with Crippen LogP contribution in [0.2, 0.25) is 0 Å². The van der Waals surface area contributed by atoms with Gasteiger partial charge in [0.05, 0.1) is 17.7 Å². The number of nitrogens with one attached hydrogen (secondary N) is 2. The number of ketones is 1. The minimum Gasteiger partial charge on any atom is -0.484 e. The molecule has 1 saturated heterocycles. The maximum absolute atomic E-state index is 13.2. The van der Waals surface area contributed by atoms with Crippen LogP contribution in [0.15, 0.2) is 66.3 Å². The number of amides is 2. The van der Waals surface area contributed by atoms with Gasteiger partial charge in [-0.25, -0.2) is 10.3 Å². The largest absolute Gasteiger partial charge is 0.484 e. The lowest BCUT2D eigenvalue weighted by Crippen LogP contribution is -2.32. The van der Waals surface area contributed by atoms with E-state index in [1.54, 1.807) is 12.1 Å². The fraction of sp³-hybridized carbons (Fsp3) is 0.250. The lowest BCUT2D eigenvalue weighted by atomic mass is 9.91. The highest BCUT2D eigenvalue weighted by molar-refractivity contribution is 6.17. The first kappa shape index (κ1) is 35.9. The number of hydrogen-bond donors (Lipinski definition) is 2. The number of Topliss-reactive ketones (excluding diaryl/α,β-unsaturated/α-hetero) is 1. The number of carbonyl (C=O) groups is 3. The molecule has 2 aliphatic rings. The van der Waals surface area contributed by atoms with E-state index < -0.39 is 52.9 Å². The Hall–Kier alpha value is -5.39. The molecule has 1 aliphatic carbocycles. The Labute approximate surface area is 282 Å². The molecule has 3 aromatic carbocycles. The van der Waals surface area contributed by atoms with E-state index in [2.05, 4.69) is 22.9 Å². The predicted molar refractivity (Wildman–Crippen MR) is 168 cm³/mol. The summed E-state index contributed by atoms with van der Waals surface area (Å²) in [7, 11) is 0. The van der Waals surface area contributed by atoms with E-state index in [9.17, 15) is 40.7 Å². The lowest BCUT2D eigenvalue weighted by molar-refractivity contribution is -0.198. The van der Waals surface area contributed by atoms with Crippen LogP contribution in [0.25, 0.3) is 18.2 Å². The van der Waals surface area contributed by atoms with Gasteiger partial charge >= 0.3 is 12.4 Å². The molecule has 14 heteroatoms. The molecule has 1 atom stereocenters. The SMILES string of the molecule is O=C(/C=C/c1c#cc(CNC(=O)COc2ccc3c(c2)C=C/C(=C\c2cc(C(F)(F)F)cc(C(F)(F)F)c2)C3=O)cc1)NOC1CCCCO1. The third-order valence-electron chi connectivity index (χ3n) is 7.43. The van der Waals surface area contributed by atoms with E-state index in [0.29, 0.717) is 41.9 Å². The van der Waals surface area contributed by atoms with Gasteiger partial charge in [0.2, 0.25) is 0 Å². The van der Waals surface area contributed by atoms with Gasteiger partial charge in [-0.05, 0) is 84.7 Å². The highest BCUT2D eigenvalue weighted by atomic mass is 19.4. The second kappa shape index (κ2) is 15.4. The van der Waals surface area contributed by atoms with Crippen molar-refractivity contribution in [1.29, 1.82) is 0 Å². The van der Waals surface area contributed by atoms with Crippen molar-refractivity contribution in [2.24, 2.45) is 0 Å². The highest BCUT2D eigenvalue weighted by Gasteiger charge is 2.37. The number of fused-ring (bicyclic) bond motifs is 1. The summed E-state index contributed by atoms with van der Waals surface area (Å²) in [5, 5.41) is 2.67. The molecule has 0 radical (unpaired) electrons. The van der Waals surface area contributed by atoms with Gasteiger partial charge < -0.3 is 14.8 Å². The summed E-state index contributed by atoms with van der Waals surface area (Å²) in [5.41, 5.74) is 0.491. The molecule has 8 nitrogen and oxygen atoms in total. The minimum atomic E-state index is -5.02. The Morgan fingerprint density at radius 1 is 0.940 bits per heavy atom. The van der Waals surface area contributed by atoms with E-state index in [1.807, 2.05) is 0 Å². The van der Waals surface area contributed by atoms with Crippen molar-refractivity contribution < 1.29 is 55.0 Å². The molecule has 3 aromatic rings. The molecule has 1 aliphatic heterocycles. The summed E-state index contributed by atoms with van der Waals surface area (Å²) >= 11 is 0. The number of carbonyl (C=O) groups excluding carboxylic acids is 3. The summed E-state index contributed by atoms with van der Waals surface area (Å²) in [5.74, 6) is -1.30.